The molecule has 1 unspecified atom stereocenters. The van der Waals surface area contributed by atoms with Gasteiger partial charge >= 0.3 is 17.8 Å². The molecule has 29 heavy (non-hydrogen) atoms. The van der Waals surface area contributed by atoms with Gasteiger partial charge in [0.1, 0.15) is 5.75 Å². The van der Waals surface area contributed by atoms with Crippen LogP contribution in [0.3, 0.4) is 0 Å². The van der Waals surface area contributed by atoms with Crippen molar-refractivity contribution in [3.05, 3.63) is 59.7 Å². The number of amides is 1. The van der Waals surface area contributed by atoms with Crippen LogP contribution in [-0.2, 0) is 9.53 Å². The highest BCUT2D eigenvalue weighted by molar-refractivity contribution is 5.99. The van der Waals surface area contributed by atoms with Crippen LogP contribution in [0.15, 0.2) is 48.5 Å². The second-order valence-electron chi connectivity index (χ2n) is 6.14. The lowest BCUT2D eigenvalue weighted by Crippen LogP contribution is -2.69. The minimum atomic E-state index is -5.20. The number of hydrogen-bond acceptors (Lipinski definition) is 5. The summed E-state index contributed by atoms with van der Waals surface area (Å²) in [5.74, 6) is -2.36. The van der Waals surface area contributed by atoms with Gasteiger partial charge in [-0.3, -0.25) is 4.79 Å². The van der Waals surface area contributed by atoms with E-state index in [1.54, 1.807) is 24.4 Å². The molecule has 0 aliphatic carbocycles. The highest BCUT2D eigenvalue weighted by atomic mass is 19.4. The Balaban J connectivity index is 2.46. The van der Waals surface area contributed by atoms with E-state index in [9.17, 15) is 22.8 Å². The van der Waals surface area contributed by atoms with E-state index in [1.165, 1.54) is 50.4 Å². The molecule has 0 saturated heterocycles. The Kier molecular flexibility index (Phi) is 6.73. The summed E-state index contributed by atoms with van der Waals surface area (Å²) < 4.78 is 51.9. The third kappa shape index (κ3) is 4.98. The van der Waals surface area contributed by atoms with Gasteiger partial charge in [-0.25, -0.2) is 4.79 Å². The van der Waals surface area contributed by atoms with Crippen LogP contribution in [0.4, 0.5) is 18.9 Å². The monoisotopic (exact) mass is 410 g/mol. The zero-order chi connectivity index (χ0) is 21.7. The number of ether oxygens (including phenoxy) is 2. The van der Waals surface area contributed by atoms with Crippen molar-refractivity contribution in [3.63, 3.8) is 0 Å². The summed E-state index contributed by atoms with van der Waals surface area (Å²) >= 11 is 0. The zero-order valence-electron chi connectivity index (χ0n) is 16.1. The standard InChI is InChI=1S/C20H21F3N2O4/c1-4-29-18(27)19(20(21,22)23,24-15-9-5-13(2)6-10-15)25-17(26)14-7-11-16(28-3)12-8-14/h5-12,24H,4H2,1-3H3,(H,25,26). The highest BCUT2D eigenvalue weighted by Crippen LogP contribution is 2.33. The molecule has 0 aliphatic rings. The Bertz CT molecular complexity index is 852. The van der Waals surface area contributed by atoms with E-state index in [4.69, 9.17) is 4.74 Å². The Hall–Kier alpha value is -3.23. The molecule has 2 aromatic rings. The molecule has 6 nitrogen and oxygen atoms in total. The van der Waals surface area contributed by atoms with Gasteiger partial charge in [-0.1, -0.05) is 17.7 Å². The van der Waals surface area contributed by atoms with Crippen LogP contribution in [0.25, 0.3) is 0 Å². The molecule has 0 bridgehead atoms. The smallest absolute Gasteiger partial charge is 0.441 e. The van der Waals surface area contributed by atoms with E-state index in [-0.39, 0.29) is 17.9 Å². The second kappa shape index (κ2) is 8.85. The molecule has 2 N–H and O–H groups in total. The van der Waals surface area contributed by atoms with E-state index >= 15 is 0 Å². The lowest BCUT2D eigenvalue weighted by atomic mass is 10.1. The number of aryl methyl sites for hydroxylation is 1. The van der Waals surface area contributed by atoms with Crippen LogP contribution < -0.4 is 15.4 Å². The van der Waals surface area contributed by atoms with Crippen molar-refractivity contribution in [1.82, 2.24) is 5.32 Å². The SMILES string of the molecule is CCOC(=O)C(NC(=O)c1ccc(OC)cc1)(Nc1ccc(C)cc1)C(F)(F)F. The third-order valence-electron chi connectivity index (χ3n) is 4.04. The third-order valence-corrected chi connectivity index (χ3v) is 4.04. The zero-order valence-corrected chi connectivity index (χ0v) is 16.1. The normalized spacial score (nSPS) is 13.2. The van der Waals surface area contributed by atoms with E-state index < -0.39 is 23.7 Å². The predicted molar refractivity (Wildman–Crippen MR) is 101 cm³/mol. The number of halogens is 3. The lowest BCUT2D eigenvalue weighted by Gasteiger charge is -2.35. The molecular weight excluding hydrogens is 389 g/mol. The molecule has 0 aromatic heterocycles. The van der Waals surface area contributed by atoms with Crippen molar-refractivity contribution >= 4 is 17.6 Å². The molecule has 0 aliphatic heterocycles. The summed E-state index contributed by atoms with van der Waals surface area (Å²) in [6.07, 6.45) is -5.20. The molecular formula is C20H21F3N2O4. The van der Waals surface area contributed by atoms with Gasteiger partial charge in [0.2, 0.25) is 0 Å². The number of esters is 1. The number of benzene rings is 2. The fourth-order valence-electron chi connectivity index (χ4n) is 2.47. The number of nitrogens with one attached hydrogen (secondary N) is 2. The minimum Gasteiger partial charge on any atom is -0.497 e. The average molecular weight is 410 g/mol. The maximum Gasteiger partial charge on any atom is 0.441 e. The van der Waals surface area contributed by atoms with Gasteiger partial charge in [-0.2, -0.15) is 13.2 Å². The van der Waals surface area contributed by atoms with Crippen LogP contribution in [-0.4, -0.2) is 37.4 Å². The molecule has 0 radical (unpaired) electrons. The topological polar surface area (TPSA) is 76.7 Å². The fraction of sp³-hybridized carbons (Fsp3) is 0.300. The molecule has 1 atom stereocenters. The van der Waals surface area contributed by atoms with Gasteiger partial charge in [-0.15, -0.1) is 0 Å². The van der Waals surface area contributed by atoms with Crippen molar-refractivity contribution in [2.45, 2.75) is 25.7 Å². The first-order chi connectivity index (χ1) is 13.6. The molecule has 1 amide bonds. The first-order valence-electron chi connectivity index (χ1n) is 8.68. The minimum absolute atomic E-state index is 0.0176. The number of carbonyl (C=O) groups excluding carboxylic acids is 2. The van der Waals surface area contributed by atoms with Crippen molar-refractivity contribution in [2.75, 3.05) is 19.0 Å². The van der Waals surface area contributed by atoms with E-state index in [0.717, 1.165) is 5.56 Å². The number of rotatable bonds is 7. The molecule has 0 spiro atoms. The van der Waals surface area contributed by atoms with Crippen molar-refractivity contribution in [2.24, 2.45) is 0 Å². The van der Waals surface area contributed by atoms with Gasteiger partial charge in [0, 0.05) is 11.3 Å². The van der Waals surface area contributed by atoms with Crippen molar-refractivity contribution in [1.29, 1.82) is 0 Å². The van der Waals surface area contributed by atoms with Crippen LogP contribution >= 0.6 is 0 Å². The quantitative estimate of drug-likeness (QED) is 0.538. The summed E-state index contributed by atoms with van der Waals surface area (Å²) in [5.41, 5.74) is -2.77. The number of carbonyl (C=O) groups is 2. The maximum absolute atomic E-state index is 14.1. The first-order valence-corrected chi connectivity index (χ1v) is 8.68. The van der Waals surface area contributed by atoms with Crippen molar-refractivity contribution < 1.29 is 32.2 Å². The first kappa shape index (κ1) is 22.1. The van der Waals surface area contributed by atoms with E-state index in [2.05, 4.69) is 10.1 Å². The Morgan fingerprint density at radius 1 is 1.00 bits per heavy atom. The maximum atomic E-state index is 14.1. The van der Waals surface area contributed by atoms with Gasteiger partial charge < -0.3 is 20.1 Å². The highest BCUT2D eigenvalue weighted by Gasteiger charge is 2.63. The summed E-state index contributed by atoms with van der Waals surface area (Å²) in [6, 6.07) is 11.3. The van der Waals surface area contributed by atoms with E-state index in [1.807, 2.05) is 0 Å². The number of methoxy groups -OCH3 is 1. The molecule has 9 heteroatoms. The molecule has 156 valence electrons. The van der Waals surface area contributed by atoms with Crippen LogP contribution in [0, 0.1) is 6.92 Å². The summed E-state index contributed by atoms with van der Waals surface area (Å²) in [5, 5.41) is 3.89. The average Bonchev–Trinajstić information content (AvgIpc) is 2.68. The lowest BCUT2D eigenvalue weighted by molar-refractivity contribution is -0.204. The van der Waals surface area contributed by atoms with Gasteiger partial charge in [-0.05, 0) is 50.2 Å². The fourth-order valence-corrected chi connectivity index (χ4v) is 2.47. The second-order valence-corrected chi connectivity index (χ2v) is 6.14. The van der Waals surface area contributed by atoms with Crippen molar-refractivity contribution in [3.8, 4) is 5.75 Å². The summed E-state index contributed by atoms with van der Waals surface area (Å²) in [6.45, 7) is 2.83. The van der Waals surface area contributed by atoms with Crippen LogP contribution in [0.2, 0.25) is 0 Å². The van der Waals surface area contributed by atoms with Gasteiger partial charge in [0.25, 0.3) is 5.91 Å². The molecule has 2 aromatic carbocycles. The number of anilines is 1. The van der Waals surface area contributed by atoms with E-state index in [0.29, 0.717) is 5.75 Å². The Labute approximate surface area is 166 Å². The van der Waals surface area contributed by atoms with Crippen LogP contribution in [0.1, 0.15) is 22.8 Å². The number of alkyl halides is 3. The largest absolute Gasteiger partial charge is 0.497 e. The van der Waals surface area contributed by atoms with Gasteiger partial charge in [0.15, 0.2) is 0 Å². The summed E-state index contributed by atoms with van der Waals surface area (Å²) in [7, 11) is 1.41. The molecule has 2 rings (SSSR count). The molecule has 0 saturated carbocycles. The van der Waals surface area contributed by atoms with Gasteiger partial charge in [0.05, 0.1) is 13.7 Å². The molecule has 0 fully saturated rings. The summed E-state index contributed by atoms with van der Waals surface area (Å²) in [4.78, 5) is 25.0. The number of hydrogen-bond donors (Lipinski definition) is 2. The van der Waals surface area contributed by atoms with Crippen LogP contribution in [0.5, 0.6) is 5.75 Å². The molecule has 0 heterocycles. The Morgan fingerprint density at radius 3 is 2.07 bits per heavy atom. The predicted octanol–water partition coefficient (Wildman–Crippen LogP) is 3.67. The Morgan fingerprint density at radius 2 is 1.59 bits per heavy atom.